The monoisotopic (exact) mass is 475 g/mol. The number of benzene rings is 2. The molecular weight excluding hydrogens is 450 g/mol. The van der Waals surface area contributed by atoms with Crippen molar-refractivity contribution in [2.75, 3.05) is 11.1 Å². The minimum absolute atomic E-state index is 0.0920. The number of carbonyl (C=O) groups excluding carboxylic acids is 1. The van der Waals surface area contributed by atoms with E-state index in [1.807, 2.05) is 23.6 Å². The fourth-order valence-electron chi connectivity index (χ4n) is 4.00. The zero-order valence-electron chi connectivity index (χ0n) is 18.6. The van der Waals surface area contributed by atoms with Crippen molar-refractivity contribution in [3.63, 3.8) is 0 Å². The van der Waals surface area contributed by atoms with Crippen molar-refractivity contribution in [1.82, 2.24) is 19.7 Å². The number of rotatable bonds is 8. The van der Waals surface area contributed by atoms with E-state index in [0.717, 1.165) is 35.2 Å². The van der Waals surface area contributed by atoms with E-state index < -0.39 is 0 Å². The summed E-state index contributed by atoms with van der Waals surface area (Å²) in [5.41, 5.74) is 4.48. The molecule has 8 heteroatoms. The molecule has 2 aromatic heterocycles. The van der Waals surface area contributed by atoms with Gasteiger partial charge in [0, 0.05) is 23.4 Å². The van der Waals surface area contributed by atoms with Crippen molar-refractivity contribution in [3.05, 3.63) is 76.9 Å². The number of anilines is 1. The zero-order chi connectivity index (χ0) is 22.8. The van der Waals surface area contributed by atoms with Gasteiger partial charge in [0.2, 0.25) is 5.91 Å². The summed E-state index contributed by atoms with van der Waals surface area (Å²) in [5.74, 6) is 2.11. The molecule has 6 nitrogen and oxygen atoms in total. The maximum absolute atomic E-state index is 12.5. The van der Waals surface area contributed by atoms with E-state index >= 15 is 0 Å². The van der Waals surface area contributed by atoms with Crippen LogP contribution < -0.4 is 5.32 Å². The van der Waals surface area contributed by atoms with Crippen LogP contribution in [-0.4, -0.2) is 31.4 Å². The number of thiazole rings is 1. The number of thioether (sulfide) groups is 1. The molecule has 0 aliphatic heterocycles. The largest absolute Gasteiger partial charge is 0.306 e. The highest BCUT2D eigenvalue weighted by atomic mass is 32.2. The quantitative estimate of drug-likeness (QED) is 0.329. The standard InChI is InChI=1S/C25H25N5OS2/c1-3-30-23(20-13-19(20)17-7-5-4-6-8-17)28-29-25(30)33-15-22(31)27-24-26-21(14-32-24)18-11-9-16(2)10-12-18/h4-12,14,19-20H,3,13,15H2,1-2H3,(H,26,27,31). The second-order valence-electron chi connectivity index (χ2n) is 8.19. The van der Waals surface area contributed by atoms with E-state index in [-0.39, 0.29) is 11.7 Å². The van der Waals surface area contributed by atoms with Crippen LogP contribution in [0.3, 0.4) is 0 Å². The van der Waals surface area contributed by atoms with Gasteiger partial charge in [-0.3, -0.25) is 4.79 Å². The van der Waals surface area contributed by atoms with Crippen molar-refractivity contribution in [1.29, 1.82) is 0 Å². The lowest BCUT2D eigenvalue weighted by Gasteiger charge is -2.07. The first-order valence-corrected chi connectivity index (χ1v) is 12.9. The number of hydrogen-bond donors (Lipinski definition) is 1. The Hall–Kier alpha value is -2.97. The van der Waals surface area contributed by atoms with E-state index in [2.05, 4.69) is 75.3 Å². The summed E-state index contributed by atoms with van der Waals surface area (Å²) >= 11 is 2.86. The van der Waals surface area contributed by atoms with Gasteiger partial charge < -0.3 is 9.88 Å². The molecule has 2 unspecified atom stereocenters. The molecule has 0 saturated heterocycles. The second kappa shape index (κ2) is 9.49. The van der Waals surface area contributed by atoms with Gasteiger partial charge in [0.05, 0.1) is 11.4 Å². The Kier molecular flexibility index (Phi) is 6.28. The van der Waals surface area contributed by atoms with Gasteiger partial charge in [-0.25, -0.2) is 4.98 Å². The Morgan fingerprint density at radius 3 is 2.67 bits per heavy atom. The van der Waals surface area contributed by atoms with Crippen molar-refractivity contribution in [2.45, 2.75) is 43.8 Å². The molecule has 1 aliphatic carbocycles. The molecule has 1 N–H and O–H groups in total. The van der Waals surface area contributed by atoms with Gasteiger partial charge in [-0.2, -0.15) is 0 Å². The van der Waals surface area contributed by atoms with Gasteiger partial charge in [0.25, 0.3) is 0 Å². The van der Waals surface area contributed by atoms with E-state index in [9.17, 15) is 4.79 Å². The molecule has 2 atom stereocenters. The van der Waals surface area contributed by atoms with Gasteiger partial charge >= 0.3 is 0 Å². The normalized spacial score (nSPS) is 17.2. The second-order valence-corrected chi connectivity index (χ2v) is 9.99. The highest BCUT2D eigenvalue weighted by Crippen LogP contribution is 2.54. The molecule has 1 fully saturated rings. The van der Waals surface area contributed by atoms with Crippen LogP contribution in [0.2, 0.25) is 0 Å². The van der Waals surface area contributed by atoms with Gasteiger partial charge in [-0.05, 0) is 31.7 Å². The zero-order valence-corrected chi connectivity index (χ0v) is 20.2. The van der Waals surface area contributed by atoms with Crippen molar-refractivity contribution in [2.24, 2.45) is 0 Å². The maximum atomic E-state index is 12.5. The SMILES string of the molecule is CCn1c(SCC(=O)Nc2nc(-c3ccc(C)cc3)cs2)nnc1C1CC1c1ccccc1. The Labute approximate surface area is 201 Å². The molecule has 5 rings (SSSR count). The number of hydrogen-bond acceptors (Lipinski definition) is 6. The smallest absolute Gasteiger partial charge is 0.236 e. The minimum atomic E-state index is -0.0920. The molecule has 0 bridgehead atoms. The molecule has 2 aromatic carbocycles. The van der Waals surface area contributed by atoms with Crippen LogP contribution >= 0.6 is 23.1 Å². The fourth-order valence-corrected chi connectivity index (χ4v) is 5.55. The number of nitrogens with one attached hydrogen (secondary N) is 1. The van der Waals surface area contributed by atoms with Crippen LogP contribution in [0.5, 0.6) is 0 Å². The van der Waals surface area contributed by atoms with Gasteiger partial charge in [0.15, 0.2) is 10.3 Å². The third-order valence-electron chi connectivity index (χ3n) is 5.84. The number of aryl methyl sites for hydroxylation is 1. The average Bonchev–Trinajstić information content (AvgIpc) is 3.30. The summed E-state index contributed by atoms with van der Waals surface area (Å²) < 4.78 is 2.14. The highest BCUT2D eigenvalue weighted by molar-refractivity contribution is 7.99. The number of nitrogens with zero attached hydrogens (tertiary/aromatic N) is 4. The number of carbonyl (C=O) groups is 1. The predicted molar refractivity (Wildman–Crippen MR) is 134 cm³/mol. The van der Waals surface area contributed by atoms with Crippen LogP contribution in [0, 0.1) is 6.92 Å². The van der Waals surface area contributed by atoms with Gasteiger partial charge in [-0.1, -0.05) is 71.9 Å². The summed E-state index contributed by atoms with van der Waals surface area (Å²) in [6.45, 7) is 4.94. The van der Waals surface area contributed by atoms with Crippen LogP contribution in [-0.2, 0) is 11.3 Å². The Bertz CT molecular complexity index is 1250. The Morgan fingerprint density at radius 2 is 1.91 bits per heavy atom. The Balaban J connectivity index is 1.19. The third kappa shape index (κ3) is 4.86. The lowest BCUT2D eigenvalue weighted by Crippen LogP contribution is -2.14. The first-order chi connectivity index (χ1) is 16.1. The molecule has 0 radical (unpaired) electrons. The van der Waals surface area contributed by atoms with Gasteiger partial charge in [0.1, 0.15) is 5.82 Å². The summed E-state index contributed by atoms with van der Waals surface area (Å²) in [7, 11) is 0. The summed E-state index contributed by atoms with van der Waals surface area (Å²) in [6.07, 6.45) is 1.10. The molecule has 2 heterocycles. The fraction of sp³-hybridized carbons (Fsp3) is 0.280. The maximum Gasteiger partial charge on any atom is 0.236 e. The van der Waals surface area contributed by atoms with E-state index in [0.29, 0.717) is 17.0 Å². The predicted octanol–water partition coefficient (Wildman–Crippen LogP) is 5.73. The Morgan fingerprint density at radius 1 is 1.12 bits per heavy atom. The molecule has 4 aromatic rings. The summed E-state index contributed by atoms with van der Waals surface area (Å²) in [6, 6.07) is 18.8. The number of aromatic nitrogens is 4. The highest BCUT2D eigenvalue weighted by Gasteiger charge is 2.43. The lowest BCUT2D eigenvalue weighted by atomic mass is 10.1. The summed E-state index contributed by atoms with van der Waals surface area (Å²) in [4.78, 5) is 17.1. The van der Waals surface area contributed by atoms with Crippen molar-refractivity contribution >= 4 is 34.1 Å². The first kappa shape index (κ1) is 21.9. The first-order valence-electron chi connectivity index (χ1n) is 11.1. The van der Waals surface area contributed by atoms with Gasteiger partial charge in [-0.15, -0.1) is 21.5 Å². The van der Waals surface area contributed by atoms with Crippen molar-refractivity contribution < 1.29 is 4.79 Å². The van der Waals surface area contributed by atoms with Crippen LogP contribution in [0.1, 0.15) is 42.1 Å². The lowest BCUT2D eigenvalue weighted by molar-refractivity contribution is -0.113. The molecule has 33 heavy (non-hydrogen) atoms. The molecular formula is C25H25N5OS2. The van der Waals surface area contributed by atoms with Crippen LogP contribution in [0.4, 0.5) is 5.13 Å². The molecule has 168 valence electrons. The van der Waals surface area contributed by atoms with Crippen molar-refractivity contribution in [3.8, 4) is 11.3 Å². The minimum Gasteiger partial charge on any atom is -0.306 e. The van der Waals surface area contributed by atoms with Crippen LogP contribution in [0.15, 0.2) is 65.1 Å². The van der Waals surface area contributed by atoms with E-state index in [1.165, 1.54) is 34.2 Å². The molecule has 1 saturated carbocycles. The molecule has 0 spiro atoms. The average molecular weight is 476 g/mol. The number of amides is 1. The van der Waals surface area contributed by atoms with E-state index in [4.69, 9.17) is 0 Å². The van der Waals surface area contributed by atoms with Crippen LogP contribution in [0.25, 0.3) is 11.3 Å². The third-order valence-corrected chi connectivity index (χ3v) is 7.57. The molecule has 1 aliphatic rings. The van der Waals surface area contributed by atoms with E-state index in [1.54, 1.807) is 0 Å². The topological polar surface area (TPSA) is 72.7 Å². The summed E-state index contributed by atoms with van der Waals surface area (Å²) in [5, 5.41) is 15.1. The molecule has 1 amide bonds.